The molecule has 0 aromatic heterocycles. The highest BCUT2D eigenvalue weighted by molar-refractivity contribution is 5.77. The molecule has 6 N–H and O–H groups in total. The van der Waals surface area contributed by atoms with Gasteiger partial charge in [0.25, 0.3) is 0 Å². The summed E-state index contributed by atoms with van der Waals surface area (Å²) in [7, 11) is 2.90. The van der Waals surface area contributed by atoms with Crippen LogP contribution < -0.4 is 45.6 Å². The van der Waals surface area contributed by atoms with Gasteiger partial charge in [0, 0.05) is 111 Å². The summed E-state index contributed by atoms with van der Waals surface area (Å²) in [6.45, 7) is 12.0. The predicted octanol–water partition coefficient (Wildman–Crippen LogP) is 10.7. The van der Waals surface area contributed by atoms with Crippen LogP contribution in [-0.2, 0) is 47.7 Å². The Hall–Kier alpha value is -5.37. The molecular formula is C72H114N6O12. The van der Waals surface area contributed by atoms with Crippen molar-refractivity contribution in [3.63, 3.8) is 0 Å². The van der Waals surface area contributed by atoms with E-state index in [-0.39, 0.29) is 89.1 Å². The quantitative estimate of drug-likeness (QED) is 0.0666. The Bertz CT molecular complexity index is 4050. The molecule has 0 radical (unpaired) electrons. The number of carbonyl (C=O) groups excluding carboxylic acids is 3. The summed E-state index contributed by atoms with van der Waals surface area (Å²) < 4.78 is 286. The molecule has 9 rings (SSSR count). The minimum atomic E-state index is -3.12. The van der Waals surface area contributed by atoms with Crippen molar-refractivity contribution in [2.45, 2.75) is 195 Å². The average molecular weight is 1280 g/mol. The summed E-state index contributed by atoms with van der Waals surface area (Å²) in [6, 6.07) is -13.7. The van der Waals surface area contributed by atoms with Gasteiger partial charge < -0.3 is 59.8 Å². The molecular weight excluding hydrogens is 1140 g/mol. The molecule has 6 heterocycles. The van der Waals surface area contributed by atoms with Crippen LogP contribution in [-0.4, -0.2) is 151 Å². The summed E-state index contributed by atoms with van der Waals surface area (Å²) in [5.74, 6) is -8.20. The molecule has 12 atom stereocenters. The highest BCUT2D eigenvalue weighted by atomic mass is 16.6. The first-order valence-corrected chi connectivity index (χ1v) is 30.8. The topological polar surface area (TPSA) is 222 Å². The van der Waals surface area contributed by atoms with Gasteiger partial charge in [0.2, 0.25) is 0 Å². The van der Waals surface area contributed by atoms with Crippen LogP contribution in [0.4, 0.5) is 0 Å². The van der Waals surface area contributed by atoms with Crippen LogP contribution in [0, 0.1) is 53.3 Å². The summed E-state index contributed by atoms with van der Waals surface area (Å²) in [4.78, 5) is 41.8. The van der Waals surface area contributed by atoms with Gasteiger partial charge in [-0.15, -0.1) is 0 Å². The lowest BCUT2D eigenvalue weighted by molar-refractivity contribution is -0.161. The number of fused-ring (bicyclic) bond motifs is 9. The third kappa shape index (κ3) is 17.5. The third-order valence-corrected chi connectivity index (χ3v) is 16.2. The third-order valence-electron chi connectivity index (χ3n) is 16.2. The normalized spacial score (nSPS) is 37.7. The van der Waals surface area contributed by atoms with Crippen molar-refractivity contribution >= 4 is 17.9 Å². The SMILES string of the molecule is [2H]c1c(OC)c(OC([2H])([2H])[2H])c([2H])c2c1C1([2H])CC([2H])(OC(=O)[C@@H](N)C(C)C)C(CC(C)C)CN1C([2H])([2H])C2([2H])[2H].[2H]c1c(OC)c(OC)c([2H])c2c1C1([2H])CC([2H])(OC(=O)[C@@H](N)C(C)C)C(CC(C)C)CN1C([2H])([2H])C2([2H])[2H].[2H]c1c(OC)c(OC)c([2H])c2c1C1([2H])CC([2H])(OC(=O)[C@@H](N)C(C)C)C(CC(C)C)CN1C([2H])([2H])C2([2H])[2H]. The first-order valence-electron chi connectivity index (χ1n) is 44.3. The number of hydrogen-bond donors (Lipinski definition) is 3. The molecule has 0 amide bonds. The highest BCUT2D eigenvalue weighted by Gasteiger charge is 2.45. The van der Waals surface area contributed by atoms with Crippen molar-refractivity contribution in [2.75, 3.05) is 81.7 Å². The number of carbonyl (C=O) groups is 3. The average Bonchev–Trinajstić information content (AvgIpc) is 0.685. The van der Waals surface area contributed by atoms with Crippen LogP contribution >= 0.6 is 0 Å². The molecule has 18 nitrogen and oxygen atoms in total. The number of hydrogen-bond acceptors (Lipinski definition) is 18. The molecule has 0 spiro atoms. The van der Waals surface area contributed by atoms with Crippen LogP contribution in [0.2, 0.25) is 0 Å². The van der Waals surface area contributed by atoms with Crippen molar-refractivity contribution in [2.24, 2.45) is 70.5 Å². The maximum Gasteiger partial charge on any atom is 0.323 e. The Balaban J connectivity index is 0.000000243. The molecule has 0 saturated carbocycles. The Morgan fingerprint density at radius 2 is 0.700 bits per heavy atom. The lowest BCUT2D eigenvalue weighted by Crippen LogP contribution is -2.51. The zero-order valence-corrected chi connectivity index (χ0v) is 55.3. The van der Waals surface area contributed by atoms with E-state index in [1.54, 1.807) is 41.5 Å². The van der Waals surface area contributed by atoms with E-state index >= 15 is 0 Å². The Labute approximate surface area is 577 Å². The van der Waals surface area contributed by atoms with E-state index in [0.29, 0.717) is 12.8 Å². The number of benzene rings is 3. The number of esters is 3. The first kappa shape index (κ1) is 42.8. The summed E-state index contributed by atoms with van der Waals surface area (Å²) >= 11 is 0. The molecule has 18 heteroatoms. The van der Waals surface area contributed by atoms with E-state index in [0.717, 1.165) is 21.8 Å². The van der Waals surface area contributed by atoms with Gasteiger partial charge in [-0.05, 0) is 144 Å². The van der Waals surface area contributed by atoms with Gasteiger partial charge in [-0.3, -0.25) is 29.1 Å². The number of piperidine rings is 3. The van der Waals surface area contributed by atoms with Crippen LogP contribution in [0.1, 0.15) is 210 Å². The lowest BCUT2D eigenvalue weighted by Gasteiger charge is -2.47. The molecule has 6 aliphatic heterocycles. The number of rotatable bonds is 21. The van der Waals surface area contributed by atoms with Crippen LogP contribution in [0.15, 0.2) is 36.3 Å². The van der Waals surface area contributed by atoms with Crippen LogP contribution in [0.25, 0.3) is 0 Å². The van der Waals surface area contributed by atoms with Gasteiger partial charge in [-0.1, -0.05) is 83.1 Å². The van der Waals surface area contributed by atoms with Crippen LogP contribution in [0.3, 0.4) is 0 Å². The van der Waals surface area contributed by atoms with Gasteiger partial charge >= 0.3 is 17.9 Å². The zero-order valence-electron chi connectivity index (χ0n) is 82.3. The lowest BCUT2D eigenvalue weighted by atomic mass is 9.79. The minimum Gasteiger partial charge on any atom is -0.493 e. The van der Waals surface area contributed by atoms with Crippen molar-refractivity contribution < 1.29 is 94.0 Å². The van der Waals surface area contributed by atoms with E-state index < -0.39 is 232 Å². The molecule has 3 saturated heterocycles. The molecule has 3 fully saturated rings. The summed E-state index contributed by atoms with van der Waals surface area (Å²) in [5, 5.41) is 0. The van der Waals surface area contributed by atoms with Gasteiger partial charge in [0.1, 0.15) is 36.4 Å². The van der Waals surface area contributed by atoms with Crippen LogP contribution in [0.5, 0.6) is 34.5 Å². The Kier molecular flexibility index (Phi) is 15.4. The van der Waals surface area contributed by atoms with Crippen molar-refractivity contribution in [3.05, 3.63) is 69.6 Å². The Morgan fingerprint density at radius 1 is 0.456 bits per heavy atom. The largest absolute Gasteiger partial charge is 0.493 e. The maximum absolute atomic E-state index is 13.0. The number of nitrogens with two attached hydrogens (primary N) is 3. The summed E-state index contributed by atoms with van der Waals surface area (Å²) in [5.41, 5.74) is 15.1. The van der Waals surface area contributed by atoms with E-state index in [1.807, 2.05) is 41.5 Å². The van der Waals surface area contributed by atoms with Crippen molar-refractivity contribution in [3.8, 4) is 34.5 Å². The molecule has 3 aromatic rings. The molecule has 0 aliphatic carbocycles. The Morgan fingerprint density at radius 3 is 0.922 bits per heavy atom. The number of ether oxygens (including phenoxy) is 9. The standard InChI is InChI=1S/3C24H38N2O4/c3*1-14(2)9-17-13-26-8-7-16-10-21(28-5)22(29-6)11-18(16)19(26)12-20(17)30-24(27)23(25)15(3)4/h3*10-11,14-15,17,19-20,23H,7-9,12-13,25H2,1-6H3/t3*17?,19?,20?,23-/m000/s1/i5D3,7D2,8D2,10D,11D,19D,20D;2*7D2,8D2,10D,11D,19D,20D. The molecule has 9 unspecified atom stereocenters. The van der Waals surface area contributed by atoms with Crippen molar-refractivity contribution in [1.29, 1.82) is 0 Å². The van der Waals surface area contributed by atoms with E-state index in [2.05, 4.69) is 0 Å². The second-order valence-corrected chi connectivity index (χ2v) is 25.5. The summed E-state index contributed by atoms with van der Waals surface area (Å²) in [6.07, 6.45) is -15.9. The fourth-order valence-corrected chi connectivity index (χ4v) is 11.1. The highest BCUT2D eigenvalue weighted by Crippen LogP contribution is 2.48. The second kappa shape index (κ2) is 32.5. The predicted molar refractivity (Wildman–Crippen MR) is 353 cm³/mol. The molecule has 6 aliphatic rings. The molecule has 90 heavy (non-hydrogen) atoms. The van der Waals surface area contributed by atoms with Gasteiger partial charge in [0.05, 0.1) is 63.1 Å². The fourth-order valence-electron chi connectivity index (χ4n) is 11.1. The van der Waals surface area contributed by atoms with E-state index in [9.17, 15) is 22.6 Å². The molecule has 504 valence electrons. The van der Waals surface area contributed by atoms with E-state index in [1.165, 1.54) is 28.4 Å². The first-order chi connectivity index (χ1) is 53.1. The number of methoxy groups -OCH3 is 6. The maximum atomic E-state index is 13.0. The monoisotopic (exact) mass is 1280 g/mol. The smallest absolute Gasteiger partial charge is 0.323 e. The molecule has 3 aromatic carbocycles. The second-order valence-electron chi connectivity index (χ2n) is 25.5. The fraction of sp³-hybridized carbons (Fsp3) is 0.708. The minimum absolute atomic E-state index is 0.0103. The van der Waals surface area contributed by atoms with Crippen molar-refractivity contribution in [1.82, 2.24) is 14.7 Å². The van der Waals surface area contributed by atoms with Gasteiger partial charge in [0.15, 0.2) is 34.5 Å². The molecule has 0 bridgehead atoms. The van der Waals surface area contributed by atoms with Gasteiger partial charge in [-0.2, -0.15) is 0 Å². The zero-order chi connectivity index (χ0) is 90.0. The van der Waals surface area contributed by atoms with E-state index in [4.69, 9.17) is 88.6 Å². The van der Waals surface area contributed by atoms with Gasteiger partial charge in [-0.25, -0.2) is 0 Å². The number of nitrogens with zero attached hydrogens (tertiary/aromatic N) is 3.